The number of nitrogens with one attached hydrogen (secondary N) is 1. The molecule has 0 saturated carbocycles. The number of carboxylic acid groups (broad SMARTS) is 1. The average Bonchev–Trinajstić information content (AvgIpc) is 2.97. The quantitative estimate of drug-likeness (QED) is 0.273. The van der Waals surface area contributed by atoms with Gasteiger partial charge in [0, 0.05) is 43.7 Å². The van der Waals surface area contributed by atoms with E-state index in [-0.39, 0.29) is 18.2 Å². The third kappa shape index (κ3) is 5.80. The summed E-state index contributed by atoms with van der Waals surface area (Å²) < 4.78 is 42.5. The summed E-state index contributed by atoms with van der Waals surface area (Å²) in [5.74, 6) is -2.54. The van der Waals surface area contributed by atoms with Crippen LogP contribution in [0.15, 0.2) is 35.1 Å². The van der Waals surface area contributed by atoms with Crippen LogP contribution in [-0.2, 0) is 11.5 Å². The molecule has 0 bridgehead atoms. The van der Waals surface area contributed by atoms with Gasteiger partial charge in [0.05, 0.1) is 11.1 Å². The molecule has 0 saturated heterocycles. The molecule has 0 spiro atoms. The minimum atomic E-state index is -1.43. The van der Waals surface area contributed by atoms with Crippen molar-refractivity contribution in [1.29, 1.82) is 0 Å². The number of halogens is 3. The van der Waals surface area contributed by atoms with Gasteiger partial charge in [-0.1, -0.05) is 19.6 Å². The molecular weight excluding hydrogens is 492 g/mol. The molecule has 0 atom stereocenters. The number of nitrogens with zero attached hydrogens (tertiary/aromatic N) is 2. The molecule has 2 aromatic heterocycles. The SMILES string of the molecule is C[Si](C)(C)CCOCn1cc(Br)c2c(Oc3c(F)cc(NC(=O)O)cc3F)ccnc21. The first kappa shape index (κ1) is 23.2. The van der Waals surface area contributed by atoms with Crippen LogP contribution in [0, 0.1) is 11.6 Å². The summed E-state index contributed by atoms with van der Waals surface area (Å²) in [6.45, 7) is 7.72. The van der Waals surface area contributed by atoms with Gasteiger partial charge in [0.2, 0.25) is 0 Å². The van der Waals surface area contributed by atoms with E-state index in [2.05, 4.69) is 40.6 Å². The Hall–Kier alpha value is -2.50. The van der Waals surface area contributed by atoms with Crippen LogP contribution in [0.25, 0.3) is 11.0 Å². The lowest BCUT2D eigenvalue weighted by molar-refractivity contribution is 0.0898. The van der Waals surface area contributed by atoms with Crippen LogP contribution in [0.4, 0.5) is 19.3 Å². The van der Waals surface area contributed by atoms with Gasteiger partial charge in [-0.15, -0.1) is 0 Å². The smallest absolute Gasteiger partial charge is 0.409 e. The molecule has 0 aliphatic heterocycles. The maximum absolute atomic E-state index is 14.4. The normalized spacial score (nSPS) is 11.7. The number of amides is 1. The third-order valence-electron chi connectivity index (χ3n) is 4.36. The highest BCUT2D eigenvalue weighted by Crippen LogP contribution is 2.37. The Kier molecular flexibility index (Phi) is 6.97. The van der Waals surface area contributed by atoms with Crippen molar-refractivity contribution in [3.8, 4) is 11.5 Å². The van der Waals surface area contributed by atoms with E-state index in [0.29, 0.717) is 22.1 Å². The van der Waals surface area contributed by atoms with E-state index in [1.165, 1.54) is 12.3 Å². The third-order valence-corrected chi connectivity index (χ3v) is 6.67. The van der Waals surface area contributed by atoms with Crippen molar-refractivity contribution in [2.45, 2.75) is 32.4 Å². The van der Waals surface area contributed by atoms with Crippen molar-refractivity contribution in [2.24, 2.45) is 0 Å². The molecule has 1 aromatic carbocycles. The van der Waals surface area contributed by atoms with Gasteiger partial charge in [-0.25, -0.2) is 18.6 Å². The minimum absolute atomic E-state index is 0.189. The van der Waals surface area contributed by atoms with Crippen LogP contribution in [0.3, 0.4) is 0 Å². The summed E-state index contributed by atoms with van der Waals surface area (Å²) in [4.78, 5) is 15.0. The molecule has 11 heteroatoms. The lowest BCUT2D eigenvalue weighted by atomic mass is 10.2. The molecule has 2 heterocycles. The van der Waals surface area contributed by atoms with Crippen molar-refractivity contribution >= 4 is 46.8 Å². The highest BCUT2D eigenvalue weighted by molar-refractivity contribution is 9.10. The van der Waals surface area contributed by atoms with Gasteiger partial charge in [0.15, 0.2) is 17.4 Å². The van der Waals surface area contributed by atoms with E-state index < -0.39 is 31.6 Å². The van der Waals surface area contributed by atoms with E-state index >= 15 is 0 Å². The van der Waals surface area contributed by atoms with Gasteiger partial charge in [0.25, 0.3) is 0 Å². The Morgan fingerprint density at radius 2 is 1.97 bits per heavy atom. The van der Waals surface area contributed by atoms with Gasteiger partial charge >= 0.3 is 6.09 Å². The van der Waals surface area contributed by atoms with E-state index in [4.69, 9.17) is 14.6 Å². The fraction of sp³-hybridized carbons (Fsp3) is 0.300. The molecule has 7 nitrogen and oxygen atoms in total. The Labute approximate surface area is 187 Å². The molecule has 3 rings (SSSR count). The van der Waals surface area contributed by atoms with E-state index in [1.807, 2.05) is 5.32 Å². The van der Waals surface area contributed by atoms with Crippen molar-refractivity contribution in [2.75, 3.05) is 11.9 Å². The van der Waals surface area contributed by atoms with E-state index in [1.54, 1.807) is 10.8 Å². The molecule has 0 radical (unpaired) electrons. The van der Waals surface area contributed by atoms with Gasteiger partial charge in [-0.2, -0.15) is 0 Å². The monoisotopic (exact) mass is 513 g/mol. The topological polar surface area (TPSA) is 85.6 Å². The summed E-state index contributed by atoms with van der Waals surface area (Å²) >= 11 is 3.45. The molecule has 3 aromatic rings. The number of anilines is 1. The lowest BCUT2D eigenvalue weighted by Gasteiger charge is -2.15. The second kappa shape index (κ2) is 9.33. The summed E-state index contributed by atoms with van der Waals surface area (Å²) in [5.41, 5.74) is 0.292. The lowest BCUT2D eigenvalue weighted by Crippen LogP contribution is -2.22. The predicted octanol–water partition coefficient (Wildman–Crippen LogP) is 6.27. The molecule has 0 aliphatic rings. The fourth-order valence-electron chi connectivity index (χ4n) is 2.83. The number of pyridine rings is 1. The standard InChI is InChI=1S/C20H22BrF2N3O4Si/c1-31(2,3)7-6-29-11-26-10-13(21)17-16(4-5-24-19(17)26)30-18-14(22)8-12(9-15(18)23)25-20(27)28/h4-5,8-10,25H,6-7,11H2,1-3H3,(H,27,28). The van der Waals surface area contributed by atoms with E-state index in [0.717, 1.165) is 18.2 Å². The van der Waals surface area contributed by atoms with Gasteiger partial charge in [0.1, 0.15) is 18.1 Å². The Morgan fingerprint density at radius 3 is 2.58 bits per heavy atom. The van der Waals surface area contributed by atoms with Crippen molar-refractivity contribution in [3.63, 3.8) is 0 Å². The second-order valence-electron chi connectivity index (χ2n) is 8.10. The Bertz CT molecular complexity index is 1090. The highest BCUT2D eigenvalue weighted by Gasteiger charge is 2.19. The minimum Gasteiger partial charge on any atom is -0.465 e. The first-order chi connectivity index (χ1) is 14.5. The zero-order valence-corrected chi connectivity index (χ0v) is 19.8. The summed E-state index contributed by atoms with van der Waals surface area (Å²) in [5, 5.41) is 11.1. The van der Waals surface area contributed by atoms with Gasteiger partial charge in [-0.05, 0) is 28.0 Å². The number of fused-ring (bicyclic) bond motifs is 1. The van der Waals surface area contributed by atoms with Crippen LogP contribution in [0.5, 0.6) is 11.5 Å². The number of carbonyl (C=O) groups is 1. The molecule has 0 aliphatic carbocycles. The first-order valence-electron chi connectivity index (χ1n) is 9.43. The van der Waals surface area contributed by atoms with Crippen LogP contribution >= 0.6 is 15.9 Å². The van der Waals surface area contributed by atoms with Gasteiger partial charge in [-0.3, -0.25) is 5.32 Å². The number of benzene rings is 1. The van der Waals surface area contributed by atoms with Crippen LogP contribution < -0.4 is 10.1 Å². The molecule has 2 N–H and O–H groups in total. The maximum atomic E-state index is 14.4. The van der Waals surface area contributed by atoms with Crippen LogP contribution in [0.2, 0.25) is 25.7 Å². The zero-order valence-electron chi connectivity index (χ0n) is 17.2. The molecule has 31 heavy (non-hydrogen) atoms. The number of hydrogen-bond acceptors (Lipinski definition) is 4. The summed E-state index contributed by atoms with van der Waals surface area (Å²) in [6.07, 6.45) is 1.81. The van der Waals surface area contributed by atoms with Gasteiger partial charge < -0.3 is 19.1 Å². The zero-order chi connectivity index (χ0) is 22.8. The van der Waals surface area contributed by atoms with Crippen molar-refractivity contribution < 1.29 is 28.2 Å². The van der Waals surface area contributed by atoms with Crippen molar-refractivity contribution in [1.82, 2.24) is 9.55 Å². The van der Waals surface area contributed by atoms with Crippen LogP contribution in [-0.4, -0.2) is 35.4 Å². The largest absolute Gasteiger partial charge is 0.465 e. The maximum Gasteiger partial charge on any atom is 0.409 e. The molecular formula is C20H22BrF2N3O4Si. The first-order valence-corrected chi connectivity index (χ1v) is 13.9. The summed E-state index contributed by atoms with van der Waals surface area (Å²) in [6, 6.07) is 4.21. The summed E-state index contributed by atoms with van der Waals surface area (Å²) in [7, 11) is -1.21. The van der Waals surface area contributed by atoms with Crippen LogP contribution in [0.1, 0.15) is 0 Å². The van der Waals surface area contributed by atoms with E-state index in [9.17, 15) is 13.6 Å². The molecule has 0 fully saturated rings. The Morgan fingerprint density at radius 1 is 1.29 bits per heavy atom. The Balaban J connectivity index is 1.86. The highest BCUT2D eigenvalue weighted by atomic mass is 79.9. The predicted molar refractivity (Wildman–Crippen MR) is 120 cm³/mol. The fourth-order valence-corrected chi connectivity index (χ4v) is 4.20. The van der Waals surface area contributed by atoms with Crippen molar-refractivity contribution in [3.05, 3.63) is 46.7 Å². The molecule has 1 amide bonds. The molecule has 166 valence electrons. The number of hydrogen-bond donors (Lipinski definition) is 2. The number of ether oxygens (including phenoxy) is 2. The second-order valence-corrected chi connectivity index (χ2v) is 14.6. The molecule has 0 unspecified atom stereocenters. The number of aromatic nitrogens is 2. The number of rotatable bonds is 8. The average molecular weight is 514 g/mol.